The van der Waals surface area contributed by atoms with Crippen molar-refractivity contribution in [2.75, 3.05) is 0 Å². The molecule has 61 heavy (non-hydrogen) atoms. The average Bonchev–Trinajstić information content (AvgIpc) is 4.03. The van der Waals surface area contributed by atoms with Crippen molar-refractivity contribution in [2.45, 2.75) is 12.8 Å². The zero-order valence-corrected chi connectivity index (χ0v) is 33.5. The molecule has 5 nitrogen and oxygen atoms in total. The van der Waals surface area contributed by atoms with Gasteiger partial charge in [-0.25, -0.2) is 15.0 Å². The van der Waals surface area contributed by atoms with Crippen LogP contribution in [0, 0.1) is 0 Å². The van der Waals surface area contributed by atoms with Crippen molar-refractivity contribution in [1.29, 1.82) is 0 Å². The number of thiophene rings is 1. The highest BCUT2D eigenvalue weighted by Crippen LogP contribution is 2.44. The van der Waals surface area contributed by atoms with Crippen LogP contribution in [0.15, 0.2) is 179 Å². The Labute approximate surface area is 353 Å². The Kier molecular flexibility index (Phi) is 7.53. The van der Waals surface area contributed by atoms with Gasteiger partial charge in [0.25, 0.3) is 0 Å². The number of furan rings is 2. The highest BCUT2D eigenvalue weighted by Gasteiger charge is 2.23. The number of fused-ring (bicyclic) bond motifs is 10. The van der Waals surface area contributed by atoms with Crippen LogP contribution in [0.4, 0.5) is 0 Å². The van der Waals surface area contributed by atoms with E-state index in [9.17, 15) is 0 Å². The van der Waals surface area contributed by atoms with Gasteiger partial charge in [0.05, 0.1) is 0 Å². The summed E-state index contributed by atoms with van der Waals surface area (Å²) < 4.78 is 15.7. The van der Waals surface area contributed by atoms with Crippen molar-refractivity contribution in [1.82, 2.24) is 15.0 Å². The molecule has 0 saturated carbocycles. The van der Waals surface area contributed by atoms with Crippen molar-refractivity contribution in [2.24, 2.45) is 0 Å². The van der Waals surface area contributed by atoms with Gasteiger partial charge in [0.15, 0.2) is 17.5 Å². The van der Waals surface area contributed by atoms with Crippen LogP contribution in [0.3, 0.4) is 0 Å². The van der Waals surface area contributed by atoms with Crippen LogP contribution in [0.25, 0.3) is 121 Å². The summed E-state index contributed by atoms with van der Waals surface area (Å²) in [6.45, 7) is 0. The predicted molar refractivity (Wildman–Crippen MR) is 251 cm³/mol. The Morgan fingerprint density at radius 1 is 0.410 bits per heavy atom. The average molecular weight is 800 g/mol. The molecule has 0 aliphatic heterocycles. The van der Waals surface area contributed by atoms with E-state index in [0.717, 1.165) is 95.3 Å². The van der Waals surface area contributed by atoms with Gasteiger partial charge in [-0.15, -0.1) is 11.3 Å². The molecule has 4 aromatic heterocycles. The Balaban J connectivity index is 1.02. The summed E-state index contributed by atoms with van der Waals surface area (Å²) in [6.07, 6.45) is 4.05. The number of aromatic nitrogens is 3. The zero-order valence-electron chi connectivity index (χ0n) is 32.7. The number of hydrogen-bond donors (Lipinski definition) is 0. The normalized spacial score (nSPS) is 12.9. The van der Waals surface area contributed by atoms with Crippen LogP contribution in [0.5, 0.6) is 0 Å². The summed E-state index contributed by atoms with van der Waals surface area (Å²) in [5.41, 5.74) is 11.1. The van der Waals surface area contributed by atoms with Crippen molar-refractivity contribution >= 4 is 86.8 Å². The number of hydrogen-bond acceptors (Lipinski definition) is 6. The summed E-state index contributed by atoms with van der Waals surface area (Å²) >= 11 is 1.80. The zero-order chi connectivity index (χ0) is 40.0. The first-order valence-electron chi connectivity index (χ1n) is 20.7. The molecule has 0 amide bonds. The second kappa shape index (κ2) is 13.4. The van der Waals surface area contributed by atoms with Crippen molar-refractivity contribution < 1.29 is 8.83 Å². The lowest BCUT2D eigenvalue weighted by molar-refractivity contribution is 0.571. The summed E-state index contributed by atoms with van der Waals surface area (Å²) in [6, 6.07) is 59.5. The molecule has 0 atom stereocenters. The fourth-order valence-corrected chi connectivity index (χ4v) is 10.7. The minimum Gasteiger partial charge on any atom is -0.456 e. The van der Waals surface area contributed by atoms with Crippen LogP contribution >= 0.6 is 11.3 Å². The van der Waals surface area contributed by atoms with Gasteiger partial charge in [-0.05, 0) is 76.7 Å². The van der Waals surface area contributed by atoms with Crippen molar-refractivity contribution in [3.63, 3.8) is 0 Å². The molecule has 1 aliphatic carbocycles. The van der Waals surface area contributed by atoms with Crippen LogP contribution in [-0.2, 0) is 0 Å². The smallest absolute Gasteiger partial charge is 0.164 e. The van der Waals surface area contributed by atoms with Crippen LogP contribution < -0.4 is 10.6 Å². The maximum atomic E-state index is 6.88. The Bertz CT molecular complexity index is 3900. The van der Waals surface area contributed by atoms with E-state index in [1.54, 1.807) is 11.3 Å². The predicted octanol–water partition coefficient (Wildman–Crippen LogP) is 13.5. The molecule has 1 aliphatic rings. The lowest BCUT2D eigenvalue weighted by Gasteiger charge is -2.14. The first-order chi connectivity index (χ1) is 30.2. The lowest BCUT2D eigenvalue weighted by atomic mass is 9.90. The van der Waals surface area contributed by atoms with Gasteiger partial charge in [0, 0.05) is 63.8 Å². The summed E-state index contributed by atoms with van der Waals surface area (Å²) in [7, 11) is 0. The van der Waals surface area contributed by atoms with E-state index < -0.39 is 0 Å². The molecule has 6 heteroatoms. The van der Waals surface area contributed by atoms with E-state index in [0.29, 0.717) is 17.5 Å². The van der Waals surface area contributed by atoms with Crippen LogP contribution in [0.2, 0.25) is 0 Å². The lowest BCUT2D eigenvalue weighted by Crippen LogP contribution is -2.26. The van der Waals surface area contributed by atoms with Crippen molar-refractivity contribution in [3.8, 4) is 45.3 Å². The largest absolute Gasteiger partial charge is 0.456 e. The van der Waals surface area contributed by atoms with E-state index in [1.807, 2.05) is 24.3 Å². The van der Waals surface area contributed by atoms with Gasteiger partial charge in [-0.1, -0.05) is 140 Å². The fraction of sp³-hybridized carbons (Fsp3) is 0.0364. The van der Waals surface area contributed by atoms with Crippen LogP contribution in [0.1, 0.15) is 18.4 Å². The van der Waals surface area contributed by atoms with Crippen LogP contribution in [-0.4, -0.2) is 15.0 Å². The number of nitrogens with zero attached hydrogens (tertiary/aromatic N) is 3. The van der Waals surface area contributed by atoms with E-state index in [4.69, 9.17) is 23.8 Å². The van der Waals surface area contributed by atoms with Gasteiger partial charge in [0.2, 0.25) is 0 Å². The second-order valence-corrected chi connectivity index (χ2v) is 16.8. The highest BCUT2D eigenvalue weighted by molar-refractivity contribution is 7.25. The standard InChI is InChI=1S/C55H33N3O2S/c1-2-14-32(15-3-1)53-56-54(58-55(57-53)43-24-13-29-48-51(43)41-19-7-9-28-47(41)61-48)39-31-30-35(33-16-4-5-17-34(33)39)36-20-11-27-46-50(36)42-23-10-22-38(52(42)60-46)37-21-12-26-45-49(37)40-18-6-8-25-44(40)59-45/h1-11,13-20,22-31H,12,21H2. The van der Waals surface area contributed by atoms with Gasteiger partial charge in [-0.2, -0.15) is 0 Å². The maximum Gasteiger partial charge on any atom is 0.164 e. The minimum absolute atomic E-state index is 0.632. The molecule has 12 aromatic rings. The molecule has 0 radical (unpaired) electrons. The number of para-hydroxylation sites is 2. The molecule has 4 heterocycles. The van der Waals surface area contributed by atoms with E-state index in [-0.39, 0.29) is 0 Å². The molecule has 0 fully saturated rings. The first kappa shape index (κ1) is 34.2. The first-order valence-corrected chi connectivity index (χ1v) is 21.5. The summed E-state index contributed by atoms with van der Waals surface area (Å²) in [4.78, 5) is 15.7. The highest BCUT2D eigenvalue weighted by atomic mass is 32.1. The third-order valence-corrected chi connectivity index (χ3v) is 13.4. The third-order valence-electron chi connectivity index (χ3n) is 12.3. The number of benzene rings is 8. The molecule has 13 rings (SSSR count). The molecular weight excluding hydrogens is 767 g/mol. The Hall–Kier alpha value is -7.67. The maximum absolute atomic E-state index is 6.88. The molecule has 286 valence electrons. The fourth-order valence-electron chi connectivity index (χ4n) is 9.59. The van der Waals surface area contributed by atoms with Gasteiger partial charge >= 0.3 is 0 Å². The molecule has 0 unspecified atom stereocenters. The van der Waals surface area contributed by atoms with E-state index in [2.05, 4.69) is 152 Å². The Morgan fingerprint density at radius 2 is 1.03 bits per heavy atom. The van der Waals surface area contributed by atoms with Gasteiger partial charge in [-0.3, -0.25) is 0 Å². The molecule has 0 N–H and O–H groups in total. The quantitative estimate of drug-likeness (QED) is 0.173. The molecule has 8 aromatic carbocycles. The van der Waals surface area contributed by atoms with Gasteiger partial charge < -0.3 is 8.83 Å². The summed E-state index contributed by atoms with van der Waals surface area (Å²) in [5, 5.41) is 9.06. The topological polar surface area (TPSA) is 65.0 Å². The van der Waals surface area contributed by atoms with Gasteiger partial charge in [0.1, 0.15) is 22.2 Å². The van der Waals surface area contributed by atoms with E-state index in [1.165, 1.54) is 31.0 Å². The molecule has 0 saturated heterocycles. The molecule has 0 bridgehead atoms. The molecular formula is C55H33N3O2S. The minimum atomic E-state index is 0.632. The second-order valence-electron chi connectivity index (χ2n) is 15.7. The molecule has 0 spiro atoms. The van der Waals surface area contributed by atoms with E-state index >= 15 is 0 Å². The third kappa shape index (κ3) is 5.29. The Morgan fingerprint density at radius 3 is 1.92 bits per heavy atom. The SMILES string of the molecule is C1=c2oc3ccccc3c2=C(c2cccc3c2oc2cccc(-c4ccc(-c5nc(-c6ccccc6)nc(-c6cccc7sc8ccccc8c67)n5)c5ccccc45)c23)CC1. The monoisotopic (exact) mass is 799 g/mol. The van der Waals surface area contributed by atoms with Crippen molar-refractivity contribution in [3.05, 3.63) is 186 Å². The number of rotatable bonds is 5. The summed E-state index contributed by atoms with van der Waals surface area (Å²) in [5.74, 6) is 1.92.